The zero-order valence-electron chi connectivity index (χ0n) is 15.5. The highest BCUT2D eigenvalue weighted by Crippen LogP contribution is 2.37. The minimum atomic E-state index is -1.44. The van der Waals surface area contributed by atoms with Crippen molar-refractivity contribution >= 4 is 0 Å². The fraction of sp³-hybridized carbons (Fsp3) is 0.636. The molecule has 0 radical (unpaired) electrons. The van der Waals surface area contributed by atoms with E-state index in [-0.39, 0.29) is 11.5 Å². The Morgan fingerprint density at radius 2 is 1.64 bits per heavy atom. The molecule has 0 aromatic heterocycles. The first kappa shape index (κ1) is 19.9. The Hall–Kier alpha value is -1.43. The highest BCUT2D eigenvalue weighted by atomic mass is 19.2. The molecule has 0 bridgehead atoms. The monoisotopic (exact) mass is 350 g/mol. The van der Waals surface area contributed by atoms with Crippen molar-refractivity contribution < 1.29 is 13.2 Å². The lowest BCUT2D eigenvalue weighted by atomic mass is 9.73. The first-order valence-electron chi connectivity index (χ1n) is 9.56. The Kier molecular flexibility index (Phi) is 7.41. The minimum Gasteiger partial charge on any atom is -0.204 e. The Morgan fingerprint density at radius 3 is 2.20 bits per heavy atom. The van der Waals surface area contributed by atoms with Crippen molar-refractivity contribution in [2.24, 2.45) is 23.7 Å². The normalized spacial score (nSPS) is 22.8. The van der Waals surface area contributed by atoms with Gasteiger partial charge in [0.1, 0.15) is 0 Å². The highest BCUT2D eigenvalue weighted by molar-refractivity contribution is 5.35. The summed E-state index contributed by atoms with van der Waals surface area (Å²) in [6, 6.07) is 1.91. The standard InChI is InChI=1S/C22H29F3/c1-4-18(19-11-7-16(3)8-12-19)10-6-15(2)5-9-17-13-20(23)22(25)21(24)14-17/h13-16,18-19H,4,6-8,10-12H2,1-3H3. The summed E-state index contributed by atoms with van der Waals surface area (Å²) in [6.07, 6.45) is 8.72. The van der Waals surface area contributed by atoms with Gasteiger partial charge >= 0.3 is 0 Å². The van der Waals surface area contributed by atoms with Crippen LogP contribution in [0.15, 0.2) is 12.1 Å². The van der Waals surface area contributed by atoms with Gasteiger partial charge in [0, 0.05) is 11.5 Å². The predicted octanol–water partition coefficient (Wildman–Crippen LogP) is 6.72. The molecule has 0 nitrogen and oxygen atoms in total. The maximum Gasteiger partial charge on any atom is 0.194 e. The summed E-state index contributed by atoms with van der Waals surface area (Å²) in [5.74, 6) is 4.64. The summed E-state index contributed by atoms with van der Waals surface area (Å²) >= 11 is 0. The lowest BCUT2D eigenvalue weighted by molar-refractivity contribution is 0.193. The van der Waals surface area contributed by atoms with Crippen LogP contribution in [0.3, 0.4) is 0 Å². The summed E-state index contributed by atoms with van der Waals surface area (Å²) in [5.41, 5.74) is 0.191. The van der Waals surface area contributed by atoms with Crippen molar-refractivity contribution in [3.63, 3.8) is 0 Å². The van der Waals surface area contributed by atoms with Crippen LogP contribution in [-0.2, 0) is 0 Å². The molecule has 2 unspecified atom stereocenters. The first-order chi connectivity index (χ1) is 11.9. The number of benzene rings is 1. The van der Waals surface area contributed by atoms with E-state index < -0.39 is 17.5 Å². The lowest BCUT2D eigenvalue weighted by Crippen LogP contribution is -2.21. The molecule has 3 heteroatoms. The maximum absolute atomic E-state index is 13.2. The van der Waals surface area contributed by atoms with Gasteiger partial charge in [0.05, 0.1) is 0 Å². The molecular formula is C22H29F3. The van der Waals surface area contributed by atoms with Gasteiger partial charge in [0.2, 0.25) is 0 Å². The van der Waals surface area contributed by atoms with Crippen LogP contribution in [0.5, 0.6) is 0 Å². The van der Waals surface area contributed by atoms with Gasteiger partial charge in [-0.2, -0.15) is 0 Å². The summed E-state index contributed by atoms with van der Waals surface area (Å²) in [5, 5.41) is 0. The van der Waals surface area contributed by atoms with E-state index in [1.54, 1.807) is 0 Å². The zero-order valence-corrected chi connectivity index (χ0v) is 15.5. The van der Waals surface area contributed by atoms with Crippen LogP contribution in [0.4, 0.5) is 13.2 Å². The van der Waals surface area contributed by atoms with Gasteiger partial charge in [-0.25, -0.2) is 13.2 Å². The molecule has 1 aliphatic rings. The molecule has 1 aromatic rings. The zero-order chi connectivity index (χ0) is 18.4. The van der Waals surface area contributed by atoms with Crippen LogP contribution >= 0.6 is 0 Å². The van der Waals surface area contributed by atoms with Crippen molar-refractivity contribution in [2.45, 2.75) is 65.7 Å². The van der Waals surface area contributed by atoms with Crippen LogP contribution in [0.1, 0.15) is 71.3 Å². The van der Waals surface area contributed by atoms with E-state index in [1.165, 1.54) is 32.1 Å². The van der Waals surface area contributed by atoms with Gasteiger partial charge in [-0.15, -0.1) is 0 Å². The van der Waals surface area contributed by atoms with Crippen molar-refractivity contribution in [2.75, 3.05) is 0 Å². The third kappa shape index (κ3) is 5.80. The predicted molar refractivity (Wildman–Crippen MR) is 96.5 cm³/mol. The number of hydrogen-bond acceptors (Lipinski definition) is 0. The first-order valence-corrected chi connectivity index (χ1v) is 9.56. The smallest absolute Gasteiger partial charge is 0.194 e. The topological polar surface area (TPSA) is 0 Å². The maximum atomic E-state index is 13.2. The Morgan fingerprint density at radius 1 is 1.04 bits per heavy atom. The second-order valence-corrected chi connectivity index (χ2v) is 7.69. The molecule has 0 saturated heterocycles. The SMILES string of the molecule is CCC(CCC(C)C#Cc1cc(F)c(F)c(F)c1)C1CCC(C)CC1. The third-order valence-corrected chi connectivity index (χ3v) is 5.67. The van der Waals surface area contributed by atoms with E-state index in [2.05, 4.69) is 25.7 Å². The van der Waals surface area contributed by atoms with Gasteiger partial charge in [0.15, 0.2) is 17.5 Å². The van der Waals surface area contributed by atoms with E-state index in [0.29, 0.717) is 0 Å². The van der Waals surface area contributed by atoms with Crippen LogP contribution < -0.4 is 0 Å². The van der Waals surface area contributed by atoms with Gasteiger partial charge in [0.25, 0.3) is 0 Å². The lowest BCUT2D eigenvalue weighted by Gasteiger charge is -2.32. The molecule has 0 aliphatic heterocycles. The summed E-state index contributed by atoms with van der Waals surface area (Å²) < 4.78 is 39.4. The van der Waals surface area contributed by atoms with Crippen molar-refractivity contribution in [1.82, 2.24) is 0 Å². The molecule has 0 heterocycles. The van der Waals surface area contributed by atoms with Crippen molar-refractivity contribution in [1.29, 1.82) is 0 Å². The van der Waals surface area contributed by atoms with Crippen LogP contribution in [0.25, 0.3) is 0 Å². The van der Waals surface area contributed by atoms with E-state index in [4.69, 9.17) is 0 Å². The molecule has 1 saturated carbocycles. The van der Waals surface area contributed by atoms with Crippen LogP contribution in [0.2, 0.25) is 0 Å². The number of halogens is 3. The third-order valence-electron chi connectivity index (χ3n) is 5.67. The van der Waals surface area contributed by atoms with Crippen LogP contribution in [0, 0.1) is 53.0 Å². The number of hydrogen-bond donors (Lipinski definition) is 0. The molecule has 1 aliphatic carbocycles. The van der Waals surface area contributed by atoms with E-state index in [1.807, 2.05) is 6.92 Å². The summed E-state index contributed by atoms with van der Waals surface area (Å²) in [7, 11) is 0. The second kappa shape index (κ2) is 9.32. The van der Waals surface area contributed by atoms with Gasteiger partial charge in [-0.3, -0.25) is 0 Å². The molecule has 0 amide bonds. The fourth-order valence-electron chi connectivity index (χ4n) is 3.90. The average Bonchev–Trinajstić information content (AvgIpc) is 2.59. The fourth-order valence-corrected chi connectivity index (χ4v) is 3.90. The summed E-state index contributed by atoms with van der Waals surface area (Å²) in [4.78, 5) is 0. The minimum absolute atomic E-state index is 0.160. The molecule has 0 N–H and O–H groups in total. The van der Waals surface area contributed by atoms with E-state index in [9.17, 15) is 13.2 Å². The van der Waals surface area contributed by atoms with E-state index in [0.717, 1.165) is 42.7 Å². The van der Waals surface area contributed by atoms with Gasteiger partial charge < -0.3 is 0 Å². The van der Waals surface area contributed by atoms with Crippen molar-refractivity contribution in [3.05, 3.63) is 35.1 Å². The molecular weight excluding hydrogens is 321 g/mol. The molecule has 1 fully saturated rings. The van der Waals surface area contributed by atoms with Gasteiger partial charge in [-0.1, -0.05) is 51.9 Å². The van der Waals surface area contributed by atoms with Gasteiger partial charge in [-0.05, 0) is 55.6 Å². The molecule has 0 spiro atoms. The summed E-state index contributed by atoms with van der Waals surface area (Å²) in [6.45, 7) is 6.65. The molecule has 2 rings (SSSR count). The molecule has 138 valence electrons. The van der Waals surface area contributed by atoms with E-state index >= 15 is 0 Å². The molecule has 2 atom stereocenters. The quantitative estimate of drug-likeness (QED) is 0.408. The Labute approximate surface area is 150 Å². The highest BCUT2D eigenvalue weighted by Gasteiger charge is 2.24. The van der Waals surface area contributed by atoms with Crippen LogP contribution in [-0.4, -0.2) is 0 Å². The Balaban J connectivity index is 1.89. The molecule has 1 aromatic carbocycles. The van der Waals surface area contributed by atoms with Crippen molar-refractivity contribution in [3.8, 4) is 11.8 Å². The second-order valence-electron chi connectivity index (χ2n) is 7.69. The Bertz CT molecular complexity index is 595. The number of rotatable bonds is 5. The average molecular weight is 350 g/mol. The largest absolute Gasteiger partial charge is 0.204 e. The molecule has 25 heavy (non-hydrogen) atoms.